The van der Waals surface area contributed by atoms with Crippen molar-refractivity contribution in [1.82, 2.24) is 0 Å². The number of anilines is 1. The average molecular weight is 219 g/mol. The molecule has 16 heavy (non-hydrogen) atoms. The Morgan fingerprint density at radius 2 is 2.31 bits per heavy atom. The van der Waals surface area contributed by atoms with Crippen molar-refractivity contribution in [3.63, 3.8) is 0 Å². The van der Waals surface area contributed by atoms with Gasteiger partial charge >= 0.3 is 5.97 Å². The molecule has 0 aromatic heterocycles. The lowest BCUT2D eigenvalue weighted by atomic mass is 10.1. The van der Waals surface area contributed by atoms with Gasteiger partial charge in [0.15, 0.2) is 0 Å². The Kier molecular flexibility index (Phi) is 2.86. The summed E-state index contributed by atoms with van der Waals surface area (Å²) in [6, 6.07) is 6.55. The van der Waals surface area contributed by atoms with Gasteiger partial charge in [-0.05, 0) is 37.5 Å². The van der Waals surface area contributed by atoms with Gasteiger partial charge in [0.05, 0.1) is 6.42 Å². The number of benzene rings is 1. The number of likely N-dealkylation sites (N-methyl/N-ethyl adjacent to an activating group) is 1. The number of hydrogen-bond donors (Lipinski definition) is 1. The molecule has 1 aliphatic heterocycles. The number of rotatable bonds is 3. The molecule has 0 aliphatic carbocycles. The van der Waals surface area contributed by atoms with E-state index in [-0.39, 0.29) is 6.42 Å². The quantitative estimate of drug-likeness (QED) is 0.846. The second-order valence-corrected chi connectivity index (χ2v) is 4.37. The third-order valence-electron chi connectivity index (χ3n) is 3.20. The fraction of sp³-hybridized carbons (Fsp3) is 0.462. The molecule has 1 atom stereocenters. The first-order valence-electron chi connectivity index (χ1n) is 5.72. The topological polar surface area (TPSA) is 40.5 Å². The summed E-state index contributed by atoms with van der Waals surface area (Å²) in [5, 5.41) is 8.76. The fourth-order valence-corrected chi connectivity index (χ4v) is 2.52. The standard InChI is InChI=1S/C13H17NO2/c1-3-14-9(2)6-11-7-10(8-13(15)16)4-5-12(11)14/h4-5,7,9H,3,6,8H2,1-2H3,(H,15,16). The number of carboxylic acid groups (broad SMARTS) is 1. The SMILES string of the molecule is CCN1c2ccc(CC(=O)O)cc2CC1C. The summed E-state index contributed by atoms with van der Waals surface area (Å²) in [6.07, 6.45) is 1.14. The lowest BCUT2D eigenvalue weighted by Crippen LogP contribution is -2.28. The molecule has 86 valence electrons. The molecular weight excluding hydrogens is 202 g/mol. The molecule has 1 unspecified atom stereocenters. The Bertz CT molecular complexity index is 414. The van der Waals surface area contributed by atoms with Crippen LogP contribution in [-0.4, -0.2) is 23.7 Å². The number of aliphatic carboxylic acids is 1. The molecule has 1 aromatic carbocycles. The minimum absolute atomic E-state index is 0.119. The van der Waals surface area contributed by atoms with Crippen molar-refractivity contribution in [3.8, 4) is 0 Å². The first-order chi connectivity index (χ1) is 7.61. The van der Waals surface area contributed by atoms with Crippen LogP contribution < -0.4 is 4.90 Å². The Hall–Kier alpha value is -1.51. The molecule has 0 bridgehead atoms. The lowest BCUT2D eigenvalue weighted by molar-refractivity contribution is -0.136. The van der Waals surface area contributed by atoms with Crippen LogP contribution >= 0.6 is 0 Å². The molecule has 0 radical (unpaired) electrons. The molecule has 0 spiro atoms. The molecule has 0 amide bonds. The highest BCUT2D eigenvalue weighted by molar-refractivity contribution is 5.71. The van der Waals surface area contributed by atoms with Crippen LogP contribution in [0, 0.1) is 0 Å². The van der Waals surface area contributed by atoms with Gasteiger partial charge in [0.1, 0.15) is 0 Å². The molecular formula is C13H17NO2. The molecule has 3 nitrogen and oxygen atoms in total. The summed E-state index contributed by atoms with van der Waals surface area (Å²) in [4.78, 5) is 13.0. The first kappa shape index (κ1) is 11.0. The van der Waals surface area contributed by atoms with E-state index < -0.39 is 5.97 Å². The normalized spacial score (nSPS) is 18.6. The highest BCUT2D eigenvalue weighted by Gasteiger charge is 2.24. The zero-order valence-corrected chi connectivity index (χ0v) is 9.73. The van der Waals surface area contributed by atoms with E-state index in [1.165, 1.54) is 11.3 Å². The Balaban J connectivity index is 2.28. The highest BCUT2D eigenvalue weighted by atomic mass is 16.4. The molecule has 1 aromatic rings. The van der Waals surface area contributed by atoms with E-state index in [0.29, 0.717) is 6.04 Å². The fourth-order valence-electron chi connectivity index (χ4n) is 2.52. The Labute approximate surface area is 95.7 Å². The third kappa shape index (κ3) is 1.90. The van der Waals surface area contributed by atoms with Crippen molar-refractivity contribution >= 4 is 11.7 Å². The van der Waals surface area contributed by atoms with Crippen LogP contribution in [0.2, 0.25) is 0 Å². The van der Waals surface area contributed by atoms with Gasteiger partial charge < -0.3 is 10.0 Å². The van der Waals surface area contributed by atoms with Crippen molar-refractivity contribution in [2.45, 2.75) is 32.7 Å². The summed E-state index contributed by atoms with van der Waals surface area (Å²) in [6.45, 7) is 5.36. The Morgan fingerprint density at radius 3 is 2.94 bits per heavy atom. The minimum atomic E-state index is -0.765. The van der Waals surface area contributed by atoms with Crippen LogP contribution in [-0.2, 0) is 17.6 Å². The van der Waals surface area contributed by atoms with Gasteiger partial charge in [0.2, 0.25) is 0 Å². The van der Waals surface area contributed by atoms with Crippen LogP contribution in [0.4, 0.5) is 5.69 Å². The summed E-state index contributed by atoms with van der Waals surface area (Å²) >= 11 is 0. The molecule has 1 heterocycles. The average Bonchev–Trinajstić information content (AvgIpc) is 2.51. The summed E-state index contributed by atoms with van der Waals surface area (Å²) in [7, 11) is 0. The van der Waals surface area contributed by atoms with E-state index in [9.17, 15) is 4.79 Å². The number of nitrogens with zero attached hydrogens (tertiary/aromatic N) is 1. The van der Waals surface area contributed by atoms with E-state index in [1.807, 2.05) is 12.1 Å². The van der Waals surface area contributed by atoms with Gasteiger partial charge in [-0.2, -0.15) is 0 Å². The van der Waals surface area contributed by atoms with E-state index >= 15 is 0 Å². The highest BCUT2D eigenvalue weighted by Crippen LogP contribution is 2.32. The van der Waals surface area contributed by atoms with Crippen molar-refractivity contribution in [2.75, 3.05) is 11.4 Å². The third-order valence-corrected chi connectivity index (χ3v) is 3.20. The minimum Gasteiger partial charge on any atom is -0.481 e. The van der Waals surface area contributed by atoms with Gasteiger partial charge in [-0.25, -0.2) is 0 Å². The van der Waals surface area contributed by atoms with Crippen LogP contribution in [0.15, 0.2) is 18.2 Å². The largest absolute Gasteiger partial charge is 0.481 e. The van der Waals surface area contributed by atoms with Crippen LogP contribution in [0.3, 0.4) is 0 Å². The molecule has 0 saturated heterocycles. The maximum Gasteiger partial charge on any atom is 0.307 e. The molecule has 3 heteroatoms. The summed E-state index contributed by atoms with van der Waals surface area (Å²) < 4.78 is 0. The predicted octanol–water partition coefficient (Wildman–Crippen LogP) is 2.08. The maximum atomic E-state index is 10.6. The zero-order chi connectivity index (χ0) is 11.7. The lowest BCUT2D eigenvalue weighted by Gasteiger charge is -2.22. The van der Waals surface area contributed by atoms with Gasteiger partial charge in [-0.15, -0.1) is 0 Å². The van der Waals surface area contributed by atoms with E-state index in [2.05, 4.69) is 24.8 Å². The molecule has 0 fully saturated rings. The first-order valence-corrected chi connectivity index (χ1v) is 5.72. The molecule has 1 aliphatic rings. The number of carbonyl (C=O) groups is 1. The van der Waals surface area contributed by atoms with Crippen molar-refractivity contribution < 1.29 is 9.90 Å². The van der Waals surface area contributed by atoms with Gasteiger partial charge in [-0.1, -0.05) is 12.1 Å². The second-order valence-electron chi connectivity index (χ2n) is 4.37. The number of fused-ring (bicyclic) bond motifs is 1. The molecule has 2 rings (SSSR count). The maximum absolute atomic E-state index is 10.6. The van der Waals surface area contributed by atoms with E-state index in [4.69, 9.17) is 5.11 Å². The van der Waals surface area contributed by atoms with Crippen molar-refractivity contribution in [2.24, 2.45) is 0 Å². The van der Waals surface area contributed by atoms with Gasteiger partial charge in [0, 0.05) is 18.3 Å². The predicted molar refractivity (Wildman–Crippen MR) is 64.0 cm³/mol. The van der Waals surface area contributed by atoms with Crippen LogP contribution in [0.1, 0.15) is 25.0 Å². The zero-order valence-electron chi connectivity index (χ0n) is 9.73. The smallest absolute Gasteiger partial charge is 0.307 e. The number of hydrogen-bond acceptors (Lipinski definition) is 2. The summed E-state index contributed by atoms with van der Waals surface area (Å²) in [5.74, 6) is -0.765. The summed E-state index contributed by atoms with van der Waals surface area (Å²) in [5.41, 5.74) is 3.45. The van der Waals surface area contributed by atoms with Crippen LogP contribution in [0.5, 0.6) is 0 Å². The van der Waals surface area contributed by atoms with Crippen molar-refractivity contribution in [1.29, 1.82) is 0 Å². The van der Waals surface area contributed by atoms with Crippen LogP contribution in [0.25, 0.3) is 0 Å². The van der Waals surface area contributed by atoms with Crippen molar-refractivity contribution in [3.05, 3.63) is 29.3 Å². The van der Waals surface area contributed by atoms with E-state index in [0.717, 1.165) is 18.5 Å². The monoisotopic (exact) mass is 219 g/mol. The molecule has 1 N–H and O–H groups in total. The van der Waals surface area contributed by atoms with Gasteiger partial charge in [0.25, 0.3) is 0 Å². The second kappa shape index (κ2) is 4.16. The molecule has 0 saturated carbocycles. The van der Waals surface area contributed by atoms with Gasteiger partial charge in [-0.3, -0.25) is 4.79 Å². The Morgan fingerprint density at radius 1 is 1.56 bits per heavy atom. The van der Waals surface area contributed by atoms with E-state index in [1.54, 1.807) is 0 Å². The number of carboxylic acids is 1.